The van der Waals surface area contributed by atoms with Gasteiger partial charge in [-0.3, -0.25) is 0 Å². The molecule has 0 aliphatic rings. The molecule has 0 fully saturated rings. The van der Waals surface area contributed by atoms with Gasteiger partial charge in [0.1, 0.15) is 0 Å². The molecule has 1 N–H and O–H groups in total. The van der Waals surface area contributed by atoms with Gasteiger partial charge in [0, 0.05) is 22.3 Å². The van der Waals surface area contributed by atoms with Crippen molar-refractivity contribution in [2.45, 2.75) is 24.6 Å². The van der Waals surface area contributed by atoms with E-state index in [4.69, 9.17) is 23.2 Å². The number of sulfone groups is 1. The van der Waals surface area contributed by atoms with Crippen molar-refractivity contribution in [1.82, 2.24) is 5.32 Å². The Bertz CT molecular complexity index is 497. The molecule has 1 aromatic carbocycles. The van der Waals surface area contributed by atoms with E-state index in [2.05, 4.69) is 5.32 Å². The minimum absolute atomic E-state index is 0.225. The van der Waals surface area contributed by atoms with Crippen LogP contribution in [0.1, 0.15) is 12.5 Å². The molecule has 0 radical (unpaired) electrons. The van der Waals surface area contributed by atoms with Crippen LogP contribution < -0.4 is 5.32 Å². The van der Waals surface area contributed by atoms with Crippen molar-refractivity contribution >= 4 is 33.0 Å². The molecule has 0 bridgehead atoms. The molecule has 1 aromatic rings. The van der Waals surface area contributed by atoms with Gasteiger partial charge in [0.05, 0.1) is 5.25 Å². The summed E-state index contributed by atoms with van der Waals surface area (Å²) in [7, 11) is -1.38. The number of rotatable bonds is 5. The molecule has 102 valence electrons. The van der Waals surface area contributed by atoms with Crippen LogP contribution in [0, 0.1) is 0 Å². The number of nitrogens with one attached hydrogen (secondary N) is 1. The van der Waals surface area contributed by atoms with Gasteiger partial charge in [-0.1, -0.05) is 29.3 Å². The van der Waals surface area contributed by atoms with Gasteiger partial charge in [-0.05, 0) is 38.1 Å². The third-order valence-electron chi connectivity index (χ3n) is 3.10. The lowest BCUT2D eigenvalue weighted by molar-refractivity contribution is 0.516. The Labute approximate surface area is 118 Å². The van der Waals surface area contributed by atoms with Crippen molar-refractivity contribution in [2.75, 3.05) is 13.3 Å². The Kier molecular flexibility index (Phi) is 5.46. The van der Waals surface area contributed by atoms with Crippen molar-refractivity contribution < 1.29 is 8.42 Å². The summed E-state index contributed by atoms with van der Waals surface area (Å²) in [5, 5.41) is 3.63. The van der Waals surface area contributed by atoms with Crippen molar-refractivity contribution in [3.63, 3.8) is 0 Å². The molecule has 1 rings (SSSR count). The van der Waals surface area contributed by atoms with Crippen LogP contribution in [0.2, 0.25) is 10.0 Å². The third-order valence-corrected chi connectivity index (χ3v) is 5.49. The van der Waals surface area contributed by atoms with Gasteiger partial charge in [0.15, 0.2) is 9.84 Å². The largest absolute Gasteiger partial charge is 0.315 e. The highest BCUT2D eigenvalue weighted by Gasteiger charge is 2.26. The van der Waals surface area contributed by atoms with E-state index in [-0.39, 0.29) is 6.04 Å². The topological polar surface area (TPSA) is 46.2 Å². The number of likely N-dealkylation sites (N-methyl/N-ethyl adjacent to an activating group) is 1. The van der Waals surface area contributed by atoms with Crippen molar-refractivity contribution in [3.8, 4) is 0 Å². The molecule has 0 aliphatic heterocycles. The van der Waals surface area contributed by atoms with E-state index in [9.17, 15) is 8.42 Å². The number of benzene rings is 1. The first-order chi connectivity index (χ1) is 8.27. The first kappa shape index (κ1) is 15.8. The highest BCUT2D eigenvalue weighted by atomic mass is 35.5. The fraction of sp³-hybridized carbons (Fsp3) is 0.500. The van der Waals surface area contributed by atoms with E-state index in [1.807, 2.05) is 0 Å². The molecular weight excluding hydrogens is 293 g/mol. The van der Waals surface area contributed by atoms with Gasteiger partial charge in [0.2, 0.25) is 0 Å². The maximum absolute atomic E-state index is 11.6. The van der Waals surface area contributed by atoms with Crippen LogP contribution in [0.4, 0.5) is 0 Å². The molecular formula is C12H17Cl2NO2S. The normalized spacial score (nSPS) is 15.4. The van der Waals surface area contributed by atoms with Gasteiger partial charge in [0.25, 0.3) is 0 Å². The first-order valence-corrected chi connectivity index (χ1v) is 8.27. The Morgan fingerprint density at radius 1 is 1.28 bits per heavy atom. The Morgan fingerprint density at radius 3 is 2.17 bits per heavy atom. The fourth-order valence-electron chi connectivity index (χ4n) is 1.75. The summed E-state index contributed by atoms with van der Waals surface area (Å²) in [4.78, 5) is 0. The minimum atomic E-state index is -3.11. The van der Waals surface area contributed by atoms with E-state index in [1.54, 1.807) is 32.2 Å². The molecule has 0 aliphatic carbocycles. The van der Waals surface area contributed by atoms with E-state index < -0.39 is 15.1 Å². The highest BCUT2D eigenvalue weighted by molar-refractivity contribution is 7.91. The summed E-state index contributed by atoms with van der Waals surface area (Å²) in [6.07, 6.45) is 1.71. The standard InChI is InChI=1S/C12H17Cl2NO2S/c1-8(18(3,16)17)12(15-2)7-9-10(13)5-4-6-11(9)14/h4-6,8,12,15H,7H2,1-3H3. The second-order valence-electron chi connectivity index (χ2n) is 4.33. The summed E-state index contributed by atoms with van der Waals surface area (Å²) < 4.78 is 23.2. The summed E-state index contributed by atoms with van der Waals surface area (Å²) in [6, 6.07) is 5.04. The zero-order chi connectivity index (χ0) is 13.9. The second-order valence-corrected chi connectivity index (χ2v) is 7.55. The van der Waals surface area contributed by atoms with Crippen LogP contribution in [0.15, 0.2) is 18.2 Å². The number of hydrogen-bond acceptors (Lipinski definition) is 3. The molecule has 2 atom stereocenters. The molecule has 18 heavy (non-hydrogen) atoms. The summed E-state index contributed by atoms with van der Waals surface area (Å²) in [5.74, 6) is 0. The smallest absolute Gasteiger partial charge is 0.151 e. The Balaban J connectivity index is 3.01. The van der Waals surface area contributed by atoms with E-state index in [1.165, 1.54) is 6.26 Å². The Hall–Kier alpha value is -0.290. The zero-order valence-electron chi connectivity index (χ0n) is 10.6. The number of hydrogen-bond donors (Lipinski definition) is 1. The van der Waals surface area contributed by atoms with Crippen LogP contribution >= 0.6 is 23.2 Å². The molecule has 2 unspecified atom stereocenters. The average molecular weight is 310 g/mol. The maximum atomic E-state index is 11.6. The van der Waals surface area contributed by atoms with Gasteiger partial charge >= 0.3 is 0 Å². The molecule has 0 saturated carbocycles. The fourth-order valence-corrected chi connectivity index (χ4v) is 3.13. The van der Waals surface area contributed by atoms with Crippen molar-refractivity contribution in [2.24, 2.45) is 0 Å². The molecule has 3 nitrogen and oxygen atoms in total. The van der Waals surface area contributed by atoms with Crippen LogP contribution in [0.25, 0.3) is 0 Å². The van der Waals surface area contributed by atoms with Crippen molar-refractivity contribution in [3.05, 3.63) is 33.8 Å². The predicted molar refractivity (Wildman–Crippen MR) is 77.3 cm³/mol. The monoisotopic (exact) mass is 309 g/mol. The van der Waals surface area contributed by atoms with Crippen LogP contribution in [-0.4, -0.2) is 33.0 Å². The lowest BCUT2D eigenvalue weighted by Gasteiger charge is -2.23. The van der Waals surface area contributed by atoms with Gasteiger partial charge in [-0.2, -0.15) is 0 Å². The SMILES string of the molecule is CNC(Cc1c(Cl)cccc1Cl)C(C)S(C)(=O)=O. The molecule has 0 aromatic heterocycles. The van der Waals surface area contributed by atoms with E-state index >= 15 is 0 Å². The molecule has 0 amide bonds. The second kappa shape index (κ2) is 6.24. The third kappa shape index (κ3) is 3.85. The van der Waals surface area contributed by atoms with Gasteiger partial charge < -0.3 is 5.32 Å². The van der Waals surface area contributed by atoms with E-state index in [0.29, 0.717) is 16.5 Å². The predicted octanol–water partition coefficient (Wildman–Crippen LogP) is 2.56. The van der Waals surface area contributed by atoms with Crippen molar-refractivity contribution in [1.29, 1.82) is 0 Å². The lowest BCUT2D eigenvalue weighted by atomic mass is 10.0. The summed E-state index contributed by atoms with van der Waals surface area (Å²) in [6.45, 7) is 1.68. The number of halogens is 2. The Morgan fingerprint density at radius 2 is 1.78 bits per heavy atom. The van der Waals surface area contributed by atoms with E-state index in [0.717, 1.165) is 5.56 Å². The molecule has 6 heteroatoms. The lowest BCUT2D eigenvalue weighted by Crippen LogP contribution is -2.42. The summed E-state index contributed by atoms with van der Waals surface area (Å²) >= 11 is 12.2. The van der Waals surface area contributed by atoms with Crippen LogP contribution in [0.3, 0.4) is 0 Å². The van der Waals surface area contributed by atoms with Gasteiger partial charge in [-0.15, -0.1) is 0 Å². The zero-order valence-corrected chi connectivity index (χ0v) is 12.9. The molecule has 0 spiro atoms. The minimum Gasteiger partial charge on any atom is -0.315 e. The van der Waals surface area contributed by atoms with Crippen LogP contribution in [0.5, 0.6) is 0 Å². The average Bonchev–Trinajstić information content (AvgIpc) is 2.27. The maximum Gasteiger partial charge on any atom is 0.151 e. The highest BCUT2D eigenvalue weighted by Crippen LogP contribution is 2.26. The first-order valence-electron chi connectivity index (χ1n) is 5.56. The van der Waals surface area contributed by atoms with Crippen LogP contribution in [-0.2, 0) is 16.3 Å². The quantitative estimate of drug-likeness (QED) is 0.909. The van der Waals surface area contributed by atoms with Gasteiger partial charge in [-0.25, -0.2) is 8.42 Å². The molecule has 0 saturated heterocycles. The summed E-state index contributed by atoms with van der Waals surface area (Å²) in [5.41, 5.74) is 0.774. The molecule has 0 heterocycles.